The first-order chi connectivity index (χ1) is 15.6. The van der Waals surface area contributed by atoms with Crippen molar-refractivity contribution in [3.8, 4) is 5.75 Å². The predicted octanol–water partition coefficient (Wildman–Crippen LogP) is 6.89. The Morgan fingerprint density at radius 2 is 1.77 bits per heavy atom. The molecule has 2 unspecified atom stereocenters. The van der Waals surface area contributed by atoms with Crippen molar-refractivity contribution < 1.29 is 61.5 Å². The molecule has 1 heterocycles. The van der Waals surface area contributed by atoms with E-state index in [1.165, 1.54) is 6.92 Å². The Morgan fingerprint density at radius 1 is 1.17 bits per heavy atom. The minimum absolute atomic E-state index is 0.0326. The largest absolute Gasteiger partial charge is 0.508 e. The highest BCUT2D eigenvalue weighted by Gasteiger charge is 2.66. The molecule has 1 aliphatic heterocycles. The first-order valence-electron chi connectivity index (χ1n) is 9.54. The van der Waals surface area contributed by atoms with Gasteiger partial charge in [-0.05, 0) is 44.5 Å². The zero-order valence-corrected chi connectivity index (χ0v) is 18.9. The SMILES string of the molecule is Cc1cc(S(F)(F)(F)(F)F)cc2c1O[C@@](C(C)OC(=O)OC(C)CCO[N+](=O)[O-])(C(F)(F)F)C=C2. The summed E-state index contributed by atoms with van der Waals surface area (Å²) < 4.78 is 122. The fraction of sp³-hybridized carbons (Fsp3) is 0.500. The van der Waals surface area contributed by atoms with Gasteiger partial charge in [0.25, 0.3) is 10.7 Å². The van der Waals surface area contributed by atoms with Crippen molar-refractivity contribution in [2.24, 2.45) is 0 Å². The second kappa shape index (κ2) is 8.30. The van der Waals surface area contributed by atoms with E-state index in [0.717, 1.165) is 13.8 Å². The Bertz CT molecular complexity index is 1040. The molecule has 0 spiro atoms. The van der Waals surface area contributed by atoms with E-state index in [9.17, 15) is 47.5 Å². The van der Waals surface area contributed by atoms with E-state index in [1.807, 2.05) is 0 Å². The highest BCUT2D eigenvalue weighted by Crippen LogP contribution is 3.02. The molecule has 8 nitrogen and oxygen atoms in total. The Balaban J connectivity index is 2.31. The lowest BCUT2D eigenvalue weighted by molar-refractivity contribution is -0.758. The maximum absolute atomic E-state index is 14.0. The van der Waals surface area contributed by atoms with E-state index in [1.54, 1.807) is 0 Å². The molecule has 0 bridgehead atoms. The van der Waals surface area contributed by atoms with Gasteiger partial charge in [0, 0.05) is 12.0 Å². The number of nitrogens with zero attached hydrogens (tertiary/aromatic N) is 1. The molecule has 0 amide bonds. The molecule has 0 saturated carbocycles. The van der Waals surface area contributed by atoms with Crippen LogP contribution >= 0.6 is 10.2 Å². The highest BCUT2D eigenvalue weighted by molar-refractivity contribution is 8.45. The first-order valence-corrected chi connectivity index (χ1v) is 11.5. The van der Waals surface area contributed by atoms with Crippen LogP contribution in [0.15, 0.2) is 23.1 Å². The maximum Gasteiger partial charge on any atom is 0.508 e. The number of rotatable bonds is 8. The number of hydrogen-bond donors (Lipinski definition) is 0. The van der Waals surface area contributed by atoms with E-state index in [0.29, 0.717) is 6.08 Å². The van der Waals surface area contributed by atoms with Crippen LogP contribution in [0.5, 0.6) is 5.75 Å². The molecule has 0 fully saturated rings. The molecule has 0 radical (unpaired) electrons. The lowest BCUT2D eigenvalue weighted by Crippen LogP contribution is -2.58. The smallest absolute Gasteiger partial charge is 0.469 e. The van der Waals surface area contributed by atoms with E-state index in [2.05, 4.69) is 9.57 Å². The minimum Gasteiger partial charge on any atom is -0.469 e. The Labute approximate surface area is 192 Å². The monoisotopic (exact) mass is 545 g/mol. The van der Waals surface area contributed by atoms with Crippen molar-refractivity contribution in [1.82, 2.24) is 0 Å². The molecule has 0 aromatic heterocycles. The summed E-state index contributed by atoms with van der Waals surface area (Å²) in [5.74, 6) is -0.774. The highest BCUT2D eigenvalue weighted by atomic mass is 32.5. The molecule has 0 aliphatic carbocycles. The zero-order chi connectivity index (χ0) is 27.1. The average molecular weight is 545 g/mol. The number of halogens is 8. The van der Waals surface area contributed by atoms with Crippen LogP contribution in [0.25, 0.3) is 6.08 Å². The number of fused-ring (bicyclic) bond motifs is 1. The Kier molecular flexibility index (Phi) is 6.70. The Hall–Kier alpha value is -2.98. The topological polar surface area (TPSA) is 97.1 Å². The number of carbonyl (C=O) groups excluding carboxylic acids is 1. The van der Waals surface area contributed by atoms with E-state index < -0.39 is 73.8 Å². The van der Waals surface area contributed by atoms with Gasteiger partial charge in [-0.2, -0.15) is 13.2 Å². The van der Waals surface area contributed by atoms with Gasteiger partial charge in [-0.3, -0.25) is 0 Å². The van der Waals surface area contributed by atoms with Crippen molar-refractivity contribution in [3.05, 3.63) is 39.4 Å². The van der Waals surface area contributed by atoms with Gasteiger partial charge in [-0.25, -0.2) is 4.79 Å². The second-order valence-corrected chi connectivity index (χ2v) is 10.0. The Morgan fingerprint density at radius 3 is 2.29 bits per heavy atom. The normalized spacial score (nSPS) is 21.5. The third-order valence-electron chi connectivity index (χ3n) is 4.84. The molecule has 0 N–H and O–H groups in total. The summed E-state index contributed by atoms with van der Waals surface area (Å²) in [6.45, 7) is 2.39. The number of ether oxygens (including phenoxy) is 3. The molecule has 1 aromatic carbocycles. The van der Waals surface area contributed by atoms with Crippen LogP contribution in [-0.2, 0) is 14.3 Å². The predicted molar refractivity (Wildman–Crippen MR) is 105 cm³/mol. The number of alkyl halides is 3. The number of carbonyl (C=O) groups is 1. The third-order valence-corrected chi connectivity index (χ3v) is 5.97. The summed E-state index contributed by atoms with van der Waals surface area (Å²) >= 11 is 0. The molecular weight excluding hydrogens is 526 g/mol. The number of aryl methyl sites for hydroxylation is 1. The first kappa shape index (κ1) is 28.3. The van der Waals surface area contributed by atoms with Crippen LogP contribution in [0.1, 0.15) is 31.4 Å². The van der Waals surface area contributed by atoms with Crippen LogP contribution in [0.4, 0.5) is 37.4 Å². The minimum atomic E-state index is -10.1. The standard InChI is InChI=1S/C18H19F8NO7S/c1-10-8-14(35(22,23,24,25)26)9-13-4-6-17(18(19,20)21,34-15(10)13)12(3)33-16(28)32-11(2)5-7-31-27(29)30/h4,6,8-9,11-12H,5,7H2,1-3H3/t11?,12?,17-/m0/s1. The van der Waals surface area contributed by atoms with Gasteiger partial charge in [0.1, 0.15) is 16.7 Å². The summed E-state index contributed by atoms with van der Waals surface area (Å²) in [6, 6.07) is -0.0652. The van der Waals surface area contributed by atoms with Gasteiger partial charge in [0.2, 0.25) is 0 Å². The van der Waals surface area contributed by atoms with Gasteiger partial charge >= 0.3 is 22.6 Å². The molecule has 0 saturated heterocycles. The molecule has 1 aliphatic rings. The van der Waals surface area contributed by atoms with Crippen LogP contribution in [-0.4, -0.2) is 41.8 Å². The quantitative estimate of drug-likeness (QED) is 0.152. The van der Waals surface area contributed by atoms with E-state index >= 15 is 0 Å². The summed E-state index contributed by atoms with van der Waals surface area (Å²) in [5.41, 5.74) is -4.77. The maximum atomic E-state index is 14.0. The lowest BCUT2D eigenvalue weighted by Gasteiger charge is -2.43. The zero-order valence-electron chi connectivity index (χ0n) is 18.1. The summed E-state index contributed by atoms with van der Waals surface area (Å²) in [6.07, 6.45) is -9.58. The van der Waals surface area contributed by atoms with Crippen molar-refractivity contribution in [1.29, 1.82) is 0 Å². The van der Waals surface area contributed by atoms with Gasteiger partial charge < -0.3 is 19.0 Å². The van der Waals surface area contributed by atoms with Crippen LogP contribution in [0.2, 0.25) is 0 Å². The fourth-order valence-electron chi connectivity index (χ4n) is 3.05. The second-order valence-electron chi connectivity index (χ2n) is 7.64. The van der Waals surface area contributed by atoms with Crippen molar-refractivity contribution >= 4 is 22.5 Å². The van der Waals surface area contributed by atoms with Gasteiger partial charge in [-0.1, -0.05) is 25.5 Å². The number of hydrogen-bond acceptors (Lipinski definition) is 7. The third kappa shape index (κ3) is 6.58. The molecular formula is C18H19F8NO7S. The molecule has 200 valence electrons. The van der Waals surface area contributed by atoms with Gasteiger partial charge in [0.15, 0.2) is 6.10 Å². The summed E-state index contributed by atoms with van der Waals surface area (Å²) in [5, 5.41) is 8.99. The van der Waals surface area contributed by atoms with Crippen LogP contribution in [0, 0.1) is 17.0 Å². The number of benzene rings is 1. The van der Waals surface area contributed by atoms with E-state index in [-0.39, 0.29) is 24.6 Å². The van der Waals surface area contributed by atoms with Crippen LogP contribution in [0.3, 0.4) is 0 Å². The average Bonchev–Trinajstić information content (AvgIpc) is 2.64. The van der Waals surface area contributed by atoms with Gasteiger partial charge in [-0.15, -0.1) is 10.1 Å². The van der Waals surface area contributed by atoms with Crippen LogP contribution < -0.4 is 4.74 Å². The molecule has 1 aromatic rings. The molecule has 17 heteroatoms. The van der Waals surface area contributed by atoms with Crippen molar-refractivity contribution in [2.45, 2.75) is 56.1 Å². The molecule has 35 heavy (non-hydrogen) atoms. The summed E-state index contributed by atoms with van der Waals surface area (Å²) in [4.78, 5) is 23.7. The van der Waals surface area contributed by atoms with Crippen molar-refractivity contribution in [3.63, 3.8) is 0 Å². The molecule has 2 rings (SSSR count). The summed E-state index contributed by atoms with van der Waals surface area (Å²) in [7, 11) is -10.1. The van der Waals surface area contributed by atoms with Gasteiger partial charge in [0.05, 0.1) is 6.61 Å². The van der Waals surface area contributed by atoms with E-state index in [4.69, 9.17) is 9.47 Å². The molecule has 3 atom stereocenters. The van der Waals surface area contributed by atoms with Crippen molar-refractivity contribution in [2.75, 3.05) is 6.61 Å². The lowest BCUT2D eigenvalue weighted by atomic mass is 9.91. The fourth-order valence-corrected chi connectivity index (χ4v) is 3.80.